The lowest BCUT2D eigenvalue weighted by Gasteiger charge is -2.22. The number of carbonyl (C=O) groups is 2. The summed E-state index contributed by atoms with van der Waals surface area (Å²) in [5.74, 6) is 0.188. The number of hydrogen-bond donors (Lipinski definition) is 2. The Morgan fingerprint density at radius 2 is 1.69 bits per heavy atom. The fraction of sp³-hybridized carbons (Fsp3) is 0.214. The van der Waals surface area contributed by atoms with Crippen molar-refractivity contribution >= 4 is 34.4 Å². The molecule has 1 aromatic heterocycles. The topological polar surface area (TPSA) is 114 Å². The highest BCUT2D eigenvalue weighted by molar-refractivity contribution is 6.09. The highest BCUT2D eigenvalue weighted by atomic mass is 16.5. The molecule has 0 radical (unpaired) electrons. The number of ether oxygens (including phenoxy) is 1. The van der Waals surface area contributed by atoms with Crippen molar-refractivity contribution in [1.82, 2.24) is 9.55 Å². The van der Waals surface area contributed by atoms with Crippen molar-refractivity contribution in [3.05, 3.63) is 95.3 Å². The summed E-state index contributed by atoms with van der Waals surface area (Å²) in [5, 5.41) is 7.52. The lowest BCUT2D eigenvalue weighted by atomic mass is 10.1. The Kier molecular flexibility index (Phi) is 7.44. The number of anilines is 1. The number of nitrogens with one attached hydrogen (secondary N) is 1. The molecule has 3 aromatic carbocycles. The van der Waals surface area contributed by atoms with E-state index in [1.54, 1.807) is 31.2 Å². The van der Waals surface area contributed by atoms with E-state index in [-0.39, 0.29) is 24.9 Å². The first-order valence-corrected chi connectivity index (χ1v) is 11.8. The standard InChI is InChI=1S/C28H29N5O3/c1-3-36-26(34)18-33(22-7-5-4-6-8-22)28(35)21-14-15-24-23(17-21)31-25(32(24)2)16-11-19-9-12-20(13-10-19)27(29)30/h4-10,12-15,17H,3,11,16,18H2,1-2H3,(H3,29,30). The maximum Gasteiger partial charge on any atom is 0.326 e. The minimum Gasteiger partial charge on any atom is -0.465 e. The third-order valence-electron chi connectivity index (χ3n) is 6.03. The summed E-state index contributed by atoms with van der Waals surface area (Å²) in [5.41, 5.74) is 10.1. The summed E-state index contributed by atoms with van der Waals surface area (Å²) in [6.45, 7) is 1.81. The number of aryl methyl sites for hydroxylation is 3. The van der Waals surface area contributed by atoms with Gasteiger partial charge in [-0.05, 0) is 49.2 Å². The normalized spacial score (nSPS) is 10.8. The quantitative estimate of drug-likeness (QED) is 0.213. The number of amidine groups is 1. The van der Waals surface area contributed by atoms with Gasteiger partial charge in [-0.2, -0.15) is 0 Å². The van der Waals surface area contributed by atoms with Crippen LogP contribution in [0.5, 0.6) is 0 Å². The van der Waals surface area contributed by atoms with Crippen molar-refractivity contribution in [3.63, 3.8) is 0 Å². The zero-order valence-electron chi connectivity index (χ0n) is 20.4. The van der Waals surface area contributed by atoms with Gasteiger partial charge in [-0.15, -0.1) is 0 Å². The summed E-state index contributed by atoms with van der Waals surface area (Å²) in [4.78, 5) is 31.9. The van der Waals surface area contributed by atoms with E-state index in [0.29, 0.717) is 23.2 Å². The molecular formula is C28H29N5O3. The molecule has 8 heteroatoms. The number of aromatic nitrogens is 2. The second-order valence-electron chi connectivity index (χ2n) is 8.43. The van der Waals surface area contributed by atoms with Gasteiger partial charge in [-0.3, -0.25) is 19.9 Å². The molecule has 0 saturated heterocycles. The third-order valence-corrected chi connectivity index (χ3v) is 6.03. The maximum atomic E-state index is 13.5. The van der Waals surface area contributed by atoms with Crippen LogP contribution in [0, 0.1) is 5.41 Å². The van der Waals surface area contributed by atoms with Gasteiger partial charge in [0.05, 0.1) is 17.6 Å². The first-order valence-electron chi connectivity index (χ1n) is 11.8. The van der Waals surface area contributed by atoms with Gasteiger partial charge >= 0.3 is 5.97 Å². The number of nitrogen functional groups attached to an aromatic ring is 1. The number of imidazole rings is 1. The molecule has 184 valence electrons. The first-order chi connectivity index (χ1) is 17.4. The van der Waals surface area contributed by atoms with Crippen LogP contribution in [-0.4, -0.2) is 40.4 Å². The summed E-state index contributed by atoms with van der Waals surface area (Å²) in [6, 6.07) is 22.1. The van der Waals surface area contributed by atoms with Crippen LogP contribution in [0.1, 0.15) is 34.2 Å². The highest BCUT2D eigenvalue weighted by Gasteiger charge is 2.22. The summed E-state index contributed by atoms with van der Waals surface area (Å²) in [7, 11) is 1.96. The van der Waals surface area contributed by atoms with Gasteiger partial charge in [-0.25, -0.2) is 4.98 Å². The first kappa shape index (κ1) is 24.7. The smallest absolute Gasteiger partial charge is 0.326 e. The van der Waals surface area contributed by atoms with Crippen LogP contribution >= 0.6 is 0 Å². The van der Waals surface area contributed by atoms with E-state index in [2.05, 4.69) is 0 Å². The lowest BCUT2D eigenvalue weighted by molar-refractivity contribution is -0.141. The summed E-state index contributed by atoms with van der Waals surface area (Å²) in [6.07, 6.45) is 1.50. The average Bonchev–Trinajstić information content (AvgIpc) is 3.21. The average molecular weight is 484 g/mol. The van der Waals surface area contributed by atoms with Crippen LogP contribution in [0.3, 0.4) is 0 Å². The molecule has 4 rings (SSSR count). The zero-order valence-corrected chi connectivity index (χ0v) is 20.4. The van der Waals surface area contributed by atoms with Crippen molar-refractivity contribution in [2.45, 2.75) is 19.8 Å². The third kappa shape index (κ3) is 5.43. The van der Waals surface area contributed by atoms with E-state index in [9.17, 15) is 9.59 Å². The summed E-state index contributed by atoms with van der Waals surface area (Å²) < 4.78 is 7.11. The number of hydrogen-bond acceptors (Lipinski definition) is 5. The van der Waals surface area contributed by atoms with E-state index >= 15 is 0 Å². The predicted octanol–water partition coefficient (Wildman–Crippen LogP) is 3.85. The molecule has 0 spiro atoms. The van der Waals surface area contributed by atoms with Crippen molar-refractivity contribution in [3.8, 4) is 0 Å². The fourth-order valence-corrected chi connectivity index (χ4v) is 4.09. The second-order valence-corrected chi connectivity index (χ2v) is 8.43. The molecule has 36 heavy (non-hydrogen) atoms. The van der Waals surface area contributed by atoms with E-state index < -0.39 is 5.97 Å². The van der Waals surface area contributed by atoms with E-state index in [0.717, 1.165) is 28.8 Å². The molecule has 0 saturated carbocycles. The lowest BCUT2D eigenvalue weighted by Crippen LogP contribution is -2.36. The predicted molar refractivity (Wildman–Crippen MR) is 140 cm³/mol. The molecule has 0 aliphatic rings. The van der Waals surface area contributed by atoms with Crippen LogP contribution in [0.15, 0.2) is 72.8 Å². The number of esters is 1. The minimum absolute atomic E-state index is 0.0512. The van der Waals surface area contributed by atoms with Crippen molar-refractivity contribution in [2.24, 2.45) is 12.8 Å². The minimum atomic E-state index is -0.466. The molecule has 0 aliphatic carbocycles. The van der Waals surface area contributed by atoms with Crippen LogP contribution in [0.25, 0.3) is 11.0 Å². The van der Waals surface area contributed by atoms with Crippen LogP contribution in [0.2, 0.25) is 0 Å². The van der Waals surface area contributed by atoms with Crippen LogP contribution in [0.4, 0.5) is 5.69 Å². The Morgan fingerprint density at radius 1 is 1.00 bits per heavy atom. The van der Waals surface area contributed by atoms with Gasteiger partial charge in [0.1, 0.15) is 18.2 Å². The van der Waals surface area contributed by atoms with E-state index in [1.165, 1.54) is 4.90 Å². The molecular weight excluding hydrogens is 454 g/mol. The molecule has 0 fully saturated rings. The van der Waals surface area contributed by atoms with Gasteiger partial charge < -0.3 is 15.0 Å². The Bertz CT molecular complexity index is 1390. The van der Waals surface area contributed by atoms with Gasteiger partial charge in [0.2, 0.25) is 0 Å². The van der Waals surface area contributed by atoms with Crippen LogP contribution in [-0.2, 0) is 29.4 Å². The fourth-order valence-electron chi connectivity index (χ4n) is 4.09. The Hall–Kier alpha value is -4.46. The SMILES string of the molecule is CCOC(=O)CN(C(=O)c1ccc2c(c1)nc(CCc1ccc(C(=N)N)cc1)n2C)c1ccccc1. The van der Waals surface area contributed by atoms with Gasteiger partial charge in [0.15, 0.2) is 0 Å². The Labute approximate surface area is 209 Å². The molecule has 0 atom stereocenters. The number of amides is 1. The van der Waals surface area contributed by atoms with Gasteiger partial charge in [0, 0.05) is 30.3 Å². The highest BCUT2D eigenvalue weighted by Crippen LogP contribution is 2.22. The number of fused-ring (bicyclic) bond motifs is 1. The van der Waals surface area contributed by atoms with Gasteiger partial charge in [-0.1, -0.05) is 42.5 Å². The molecule has 8 nitrogen and oxygen atoms in total. The number of rotatable bonds is 9. The number of nitrogens with zero attached hydrogens (tertiary/aromatic N) is 3. The monoisotopic (exact) mass is 483 g/mol. The van der Waals surface area contributed by atoms with Crippen molar-refractivity contribution in [2.75, 3.05) is 18.1 Å². The Morgan fingerprint density at radius 3 is 2.36 bits per heavy atom. The molecule has 0 bridgehead atoms. The van der Waals surface area contributed by atoms with Crippen molar-refractivity contribution in [1.29, 1.82) is 5.41 Å². The second kappa shape index (κ2) is 10.9. The zero-order chi connectivity index (χ0) is 25.7. The number of benzene rings is 3. The summed E-state index contributed by atoms with van der Waals surface area (Å²) >= 11 is 0. The molecule has 0 unspecified atom stereocenters. The van der Waals surface area contributed by atoms with E-state index in [4.69, 9.17) is 20.9 Å². The maximum absolute atomic E-state index is 13.5. The van der Waals surface area contributed by atoms with Crippen LogP contribution < -0.4 is 10.6 Å². The van der Waals surface area contributed by atoms with Crippen molar-refractivity contribution < 1.29 is 14.3 Å². The number of para-hydroxylation sites is 1. The number of nitrogens with two attached hydrogens (primary N) is 1. The molecule has 3 N–H and O–H groups in total. The molecule has 4 aromatic rings. The Balaban J connectivity index is 1.56. The number of carbonyl (C=O) groups excluding carboxylic acids is 2. The van der Waals surface area contributed by atoms with E-state index in [1.807, 2.05) is 60.1 Å². The molecule has 1 heterocycles. The van der Waals surface area contributed by atoms with Gasteiger partial charge in [0.25, 0.3) is 5.91 Å². The largest absolute Gasteiger partial charge is 0.465 e. The molecule has 1 amide bonds. The molecule has 0 aliphatic heterocycles.